The van der Waals surface area contributed by atoms with Gasteiger partial charge in [-0.1, -0.05) is 18.5 Å². The Bertz CT molecular complexity index is 724. The third-order valence-corrected chi connectivity index (χ3v) is 6.22. The van der Waals surface area contributed by atoms with E-state index in [0.717, 1.165) is 32.5 Å². The first kappa shape index (κ1) is 19.9. The highest BCUT2D eigenvalue weighted by molar-refractivity contribution is 6.33. The normalized spacial score (nSPS) is 23.6. The molecular weight excluding hydrogens is 371 g/mol. The maximum atomic E-state index is 13.5. The SMILES string of the molecule is CC[C@@]1(N2CCN(C(=O)c3cc(F)ccc3Cl)CC2)CCN(C(=O)NC)C1. The second kappa shape index (κ2) is 8.02. The van der Waals surface area contributed by atoms with Gasteiger partial charge in [0.05, 0.1) is 10.6 Å². The molecule has 2 aliphatic heterocycles. The number of carbonyl (C=O) groups is 2. The van der Waals surface area contributed by atoms with Crippen molar-refractivity contribution in [2.24, 2.45) is 0 Å². The van der Waals surface area contributed by atoms with Crippen LogP contribution >= 0.6 is 11.6 Å². The van der Waals surface area contributed by atoms with Crippen molar-refractivity contribution < 1.29 is 14.0 Å². The van der Waals surface area contributed by atoms with Crippen molar-refractivity contribution in [2.45, 2.75) is 25.3 Å². The topological polar surface area (TPSA) is 55.9 Å². The van der Waals surface area contributed by atoms with Crippen molar-refractivity contribution in [3.8, 4) is 0 Å². The highest BCUT2D eigenvalue weighted by atomic mass is 35.5. The maximum absolute atomic E-state index is 13.5. The number of likely N-dealkylation sites (tertiary alicyclic amines) is 1. The Labute approximate surface area is 164 Å². The molecule has 0 aliphatic carbocycles. The van der Waals surface area contributed by atoms with Gasteiger partial charge < -0.3 is 15.1 Å². The average molecular weight is 397 g/mol. The van der Waals surface area contributed by atoms with Crippen LogP contribution in [0, 0.1) is 5.82 Å². The summed E-state index contributed by atoms with van der Waals surface area (Å²) in [4.78, 5) is 30.7. The summed E-state index contributed by atoms with van der Waals surface area (Å²) in [5, 5.41) is 2.96. The maximum Gasteiger partial charge on any atom is 0.317 e. The zero-order valence-corrected chi connectivity index (χ0v) is 16.6. The Morgan fingerprint density at radius 3 is 2.52 bits per heavy atom. The van der Waals surface area contributed by atoms with Crippen LogP contribution in [0.2, 0.25) is 5.02 Å². The summed E-state index contributed by atoms with van der Waals surface area (Å²) in [6, 6.07) is 3.82. The Hall–Kier alpha value is -1.86. The molecule has 0 bridgehead atoms. The van der Waals surface area contributed by atoms with Crippen LogP contribution in [0.15, 0.2) is 18.2 Å². The van der Waals surface area contributed by atoms with E-state index in [1.165, 1.54) is 18.2 Å². The molecule has 2 heterocycles. The molecule has 0 saturated carbocycles. The van der Waals surface area contributed by atoms with Crippen molar-refractivity contribution in [3.63, 3.8) is 0 Å². The number of piperazine rings is 1. The highest BCUT2D eigenvalue weighted by Gasteiger charge is 2.44. The van der Waals surface area contributed by atoms with Crippen molar-refractivity contribution in [3.05, 3.63) is 34.6 Å². The zero-order chi connectivity index (χ0) is 19.6. The molecule has 2 saturated heterocycles. The molecule has 3 amide bonds. The molecule has 1 aromatic rings. The summed E-state index contributed by atoms with van der Waals surface area (Å²) in [5.74, 6) is -0.699. The van der Waals surface area contributed by atoms with E-state index in [4.69, 9.17) is 11.6 Å². The fourth-order valence-electron chi connectivity index (χ4n) is 4.17. The van der Waals surface area contributed by atoms with E-state index in [1.54, 1.807) is 11.9 Å². The summed E-state index contributed by atoms with van der Waals surface area (Å²) in [6.45, 7) is 6.18. The lowest BCUT2D eigenvalue weighted by Gasteiger charge is -2.45. The number of urea groups is 1. The Balaban J connectivity index is 1.65. The zero-order valence-electron chi connectivity index (χ0n) is 15.8. The lowest BCUT2D eigenvalue weighted by atomic mass is 9.92. The van der Waals surface area contributed by atoms with Gasteiger partial charge in [-0.05, 0) is 31.0 Å². The van der Waals surface area contributed by atoms with Crippen LogP contribution < -0.4 is 5.32 Å². The quantitative estimate of drug-likeness (QED) is 0.853. The standard InChI is InChI=1S/C19H26ClFN4O2/c1-3-19(6-7-24(13-19)18(27)22-2)25-10-8-23(9-11-25)17(26)15-12-14(21)4-5-16(15)20/h4-5,12H,3,6-11,13H2,1-2H3,(H,22,27)/t19-/m1/s1. The molecule has 2 fully saturated rings. The van der Waals surface area contributed by atoms with Crippen LogP contribution in [0.25, 0.3) is 0 Å². The van der Waals surface area contributed by atoms with Gasteiger partial charge in [-0.15, -0.1) is 0 Å². The van der Waals surface area contributed by atoms with E-state index in [-0.39, 0.29) is 28.1 Å². The largest absolute Gasteiger partial charge is 0.341 e. The number of amides is 3. The third-order valence-electron chi connectivity index (χ3n) is 5.89. The number of nitrogens with one attached hydrogen (secondary N) is 1. The van der Waals surface area contributed by atoms with Gasteiger partial charge in [0.15, 0.2) is 0 Å². The molecule has 148 valence electrons. The van der Waals surface area contributed by atoms with Crippen molar-refractivity contribution in [1.29, 1.82) is 0 Å². The molecule has 2 aliphatic rings. The molecule has 27 heavy (non-hydrogen) atoms. The minimum absolute atomic E-state index is 0.0418. The lowest BCUT2D eigenvalue weighted by molar-refractivity contribution is 0.0301. The monoisotopic (exact) mass is 396 g/mol. The van der Waals surface area contributed by atoms with Gasteiger partial charge >= 0.3 is 6.03 Å². The van der Waals surface area contributed by atoms with Crippen molar-refractivity contribution >= 4 is 23.5 Å². The van der Waals surface area contributed by atoms with Crippen LogP contribution in [0.1, 0.15) is 30.1 Å². The minimum atomic E-state index is -0.466. The van der Waals surface area contributed by atoms with E-state index in [2.05, 4.69) is 17.1 Å². The summed E-state index contributed by atoms with van der Waals surface area (Å²) < 4.78 is 13.5. The summed E-state index contributed by atoms with van der Waals surface area (Å²) >= 11 is 6.08. The van der Waals surface area contributed by atoms with Gasteiger partial charge in [-0.25, -0.2) is 9.18 Å². The minimum Gasteiger partial charge on any atom is -0.341 e. The van der Waals surface area contributed by atoms with E-state index < -0.39 is 5.82 Å². The summed E-state index contributed by atoms with van der Waals surface area (Å²) in [6.07, 6.45) is 1.88. The van der Waals surface area contributed by atoms with Gasteiger partial charge in [0.2, 0.25) is 0 Å². The number of nitrogens with zero attached hydrogens (tertiary/aromatic N) is 3. The van der Waals surface area contributed by atoms with Crippen molar-refractivity contribution in [2.75, 3.05) is 46.3 Å². The lowest BCUT2D eigenvalue weighted by Crippen LogP contribution is -2.59. The van der Waals surface area contributed by atoms with E-state index in [1.807, 2.05) is 4.90 Å². The molecule has 1 aromatic carbocycles. The Kier molecular flexibility index (Phi) is 5.91. The van der Waals surface area contributed by atoms with Crippen LogP contribution in [0.4, 0.5) is 9.18 Å². The fraction of sp³-hybridized carbons (Fsp3) is 0.579. The predicted molar refractivity (Wildman–Crippen MR) is 103 cm³/mol. The number of halogens is 2. The Morgan fingerprint density at radius 2 is 1.89 bits per heavy atom. The second-order valence-electron chi connectivity index (χ2n) is 7.21. The molecule has 1 atom stereocenters. The molecule has 3 rings (SSSR count). The number of hydrogen-bond donors (Lipinski definition) is 1. The first-order chi connectivity index (χ1) is 12.9. The smallest absolute Gasteiger partial charge is 0.317 e. The second-order valence-corrected chi connectivity index (χ2v) is 7.62. The average Bonchev–Trinajstić information content (AvgIpc) is 3.15. The van der Waals surface area contributed by atoms with Crippen LogP contribution in [0.5, 0.6) is 0 Å². The van der Waals surface area contributed by atoms with Crippen LogP contribution in [-0.2, 0) is 0 Å². The summed E-state index contributed by atoms with van der Waals surface area (Å²) in [5.41, 5.74) is 0.167. The molecule has 0 radical (unpaired) electrons. The van der Waals surface area contributed by atoms with Crippen LogP contribution in [0.3, 0.4) is 0 Å². The van der Waals surface area contributed by atoms with Crippen molar-refractivity contribution in [1.82, 2.24) is 20.0 Å². The number of hydrogen-bond acceptors (Lipinski definition) is 3. The van der Waals surface area contributed by atoms with Gasteiger partial charge in [0.1, 0.15) is 5.82 Å². The molecule has 6 nitrogen and oxygen atoms in total. The predicted octanol–water partition coefficient (Wildman–Crippen LogP) is 2.43. The van der Waals surface area contributed by atoms with Gasteiger partial charge in [-0.2, -0.15) is 0 Å². The van der Waals surface area contributed by atoms with E-state index in [9.17, 15) is 14.0 Å². The van der Waals surface area contributed by atoms with Gasteiger partial charge in [0.25, 0.3) is 5.91 Å². The molecule has 0 unspecified atom stereocenters. The fourth-order valence-corrected chi connectivity index (χ4v) is 4.37. The molecule has 8 heteroatoms. The third kappa shape index (κ3) is 3.89. The molecule has 1 N–H and O–H groups in total. The first-order valence-corrected chi connectivity index (χ1v) is 9.74. The highest BCUT2D eigenvalue weighted by Crippen LogP contribution is 2.32. The number of carbonyl (C=O) groups excluding carboxylic acids is 2. The molecule has 0 aromatic heterocycles. The molecule has 0 spiro atoms. The van der Waals surface area contributed by atoms with E-state index in [0.29, 0.717) is 19.6 Å². The van der Waals surface area contributed by atoms with E-state index >= 15 is 0 Å². The molecular formula is C19H26ClFN4O2. The van der Waals surface area contributed by atoms with Gasteiger partial charge in [-0.3, -0.25) is 9.69 Å². The van der Waals surface area contributed by atoms with Crippen LogP contribution in [-0.4, -0.2) is 78.5 Å². The number of benzene rings is 1. The number of rotatable bonds is 3. The van der Waals surface area contributed by atoms with Gasteiger partial charge in [0, 0.05) is 51.9 Å². The summed E-state index contributed by atoms with van der Waals surface area (Å²) in [7, 11) is 1.65. The Morgan fingerprint density at radius 1 is 1.19 bits per heavy atom. The first-order valence-electron chi connectivity index (χ1n) is 9.36.